The third-order valence-electron chi connectivity index (χ3n) is 3.34. The number of rotatable bonds is 5. The van der Waals surface area contributed by atoms with Gasteiger partial charge in [0.1, 0.15) is 0 Å². The van der Waals surface area contributed by atoms with Crippen LogP contribution in [-0.2, 0) is 16.6 Å². The summed E-state index contributed by atoms with van der Waals surface area (Å²) in [6.45, 7) is 6.04. The van der Waals surface area contributed by atoms with Crippen molar-refractivity contribution in [3.63, 3.8) is 0 Å². The van der Waals surface area contributed by atoms with Crippen molar-refractivity contribution in [1.82, 2.24) is 4.31 Å². The van der Waals surface area contributed by atoms with Crippen molar-refractivity contribution >= 4 is 10.0 Å². The minimum Gasteiger partial charge on any atom is -0.212 e. The first-order chi connectivity index (χ1) is 8.41. The zero-order chi connectivity index (χ0) is 13.3. The lowest BCUT2D eigenvalue weighted by atomic mass is 10.1. The molecule has 1 aliphatic carbocycles. The zero-order valence-corrected chi connectivity index (χ0v) is 12.1. The van der Waals surface area contributed by atoms with E-state index in [0.717, 1.165) is 18.4 Å². The molecule has 0 heterocycles. The van der Waals surface area contributed by atoms with Crippen LogP contribution in [0.2, 0.25) is 0 Å². The van der Waals surface area contributed by atoms with Crippen molar-refractivity contribution < 1.29 is 8.42 Å². The normalized spacial score (nSPS) is 16.5. The van der Waals surface area contributed by atoms with Gasteiger partial charge in [0, 0.05) is 12.6 Å². The van der Waals surface area contributed by atoms with E-state index in [1.54, 1.807) is 18.2 Å². The lowest BCUT2D eigenvalue weighted by Gasteiger charge is -2.24. The van der Waals surface area contributed by atoms with Crippen LogP contribution >= 0.6 is 0 Å². The van der Waals surface area contributed by atoms with Crippen LogP contribution < -0.4 is 0 Å². The predicted octanol–water partition coefficient (Wildman–Crippen LogP) is 2.70. The SMILES string of the molecule is Cc1ccc(CN(C2CC2)S(=O)(=O)C(C)C)cc1. The average molecular weight is 267 g/mol. The van der Waals surface area contributed by atoms with Crippen molar-refractivity contribution in [2.75, 3.05) is 0 Å². The Bertz CT molecular complexity index is 501. The van der Waals surface area contributed by atoms with E-state index >= 15 is 0 Å². The quantitative estimate of drug-likeness (QED) is 0.822. The Kier molecular flexibility index (Phi) is 3.78. The van der Waals surface area contributed by atoms with E-state index in [-0.39, 0.29) is 11.3 Å². The van der Waals surface area contributed by atoms with Crippen molar-refractivity contribution in [2.45, 2.75) is 51.4 Å². The molecule has 100 valence electrons. The van der Waals surface area contributed by atoms with E-state index in [1.165, 1.54) is 5.56 Å². The Labute approximate surface area is 110 Å². The Morgan fingerprint density at radius 1 is 1.22 bits per heavy atom. The molecule has 0 spiro atoms. The Morgan fingerprint density at radius 3 is 2.22 bits per heavy atom. The molecule has 1 fully saturated rings. The van der Waals surface area contributed by atoms with Crippen LogP contribution in [0.4, 0.5) is 0 Å². The number of benzene rings is 1. The van der Waals surface area contributed by atoms with E-state index in [9.17, 15) is 8.42 Å². The fourth-order valence-electron chi connectivity index (χ4n) is 1.93. The molecule has 2 rings (SSSR count). The molecule has 0 unspecified atom stereocenters. The number of nitrogens with zero attached hydrogens (tertiary/aromatic N) is 1. The summed E-state index contributed by atoms with van der Waals surface area (Å²) in [5.74, 6) is 0. The predicted molar refractivity (Wildman–Crippen MR) is 73.8 cm³/mol. The minimum absolute atomic E-state index is 0.221. The molecule has 0 radical (unpaired) electrons. The minimum atomic E-state index is -3.15. The van der Waals surface area contributed by atoms with Gasteiger partial charge in [-0.3, -0.25) is 0 Å². The summed E-state index contributed by atoms with van der Waals surface area (Å²) in [4.78, 5) is 0. The van der Waals surface area contributed by atoms with E-state index < -0.39 is 10.0 Å². The monoisotopic (exact) mass is 267 g/mol. The molecule has 0 atom stereocenters. The molecule has 1 aromatic carbocycles. The molecular weight excluding hydrogens is 246 g/mol. The standard InChI is InChI=1S/C14H21NO2S/c1-11(2)18(16,17)15(14-8-9-14)10-13-6-4-12(3)5-7-13/h4-7,11,14H,8-10H2,1-3H3. The molecule has 1 aliphatic rings. The lowest BCUT2D eigenvalue weighted by molar-refractivity contribution is 0.394. The highest BCUT2D eigenvalue weighted by Crippen LogP contribution is 2.32. The van der Waals surface area contributed by atoms with Gasteiger partial charge in [-0.25, -0.2) is 8.42 Å². The Hall–Kier alpha value is -0.870. The lowest BCUT2D eigenvalue weighted by Crippen LogP contribution is -2.37. The van der Waals surface area contributed by atoms with Crippen LogP contribution in [0.1, 0.15) is 37.8 Å². The van der Waals surface area contributed by atoms with Crippen LogP contribution in [0.5, 0.6) is 0 Å². The van der Waals surface area contributed by atoms with Gasteiger partial charge in [-0.1, -0.05) is 29.8 Å². The molecule has 18 heavy (non-hydrogen) atoms. The molecule has 3 nitrogen and oxygen atoms in total. The smallest absolute Gasteiger partial charge is 0.212 e. The fraction of sp³-hybridized carbons (Fsp3) is 0.571. The van der Waals surface area contributed by atoms with Gasteiger partial charge >= 0.3 is 0 Å². The third-order valence-corrected chi connectivity index (χ3v) is 5.61. The van der Waals surface area contributed by atoms with Gasteiger partial charge in [-0.15, -0.1) is 0 Å². The number of sulfonamides is 1. The van der Waals surface area contributed by atoms with Crippen molar-refractivity contribution in [3.8, 4) is 0 Å². The summed E-state index contributed by atoms with van der Waals surface area (Å²) in [7, 11) is -3.15. The van der Waals surface area contributed by atoms with E-state index in [2.05, 4.69) is 0 Å². The highest BCUT2D eigenvalue weighted by molar-refractivity contribution is 7.89. The van der Waals surface area contributed by atoms with Crippen molar-refractivity contribution in [1.29, 1.82) is 0 Å². The molecule has 4 heteroatoms. The molecule has 1 saturated carbocycles. The Balaban J connectivity index is 2.19. The van der Waals surface area contributed by atoms with Gasteiger partial charge in [0.2, 0.25) is 10.0 Å². The summed E-state index contributed by atoms with van der Waals surface area (Å²) < 4.78 is 26.3. The van der Waals surface area contributed by atoms with Gasteiger partial charge in [0.25, 0.3) is 0 Å². The molecular formula is C14H21NO2S. The van der Waals surface area contributed by atoms with E-state index in [1.807, 2.05) is 31.2 Å². The maximum atomic E-state index is 12.3. The average Bonchev–Trinajstić information content (AvgIpc) is 3.11. The second-order valence-corrected chi connectivity index (χ2v) is 7.80. The molecule has 0 aromatic heterocycles. The van der Waals surface area contributed by atoms with Gasteiger partial charge < -0.3 is 0 Å². The van der Waals surface area contributed by atoms with Gasteiger partial charge in [0.15, 0.2) is 0 Å². The summed E-state index contributed by atoms with van der Waals surface area (Å²) in [5, 5.41) is -0.344. The van der Waals surface area contributed by atoms with Crippen LogP contribution in [-0.4, -0.2) is 24.0 Å². The van der Waals surface area contributed by atoms with Crippen LogP contribution in [0.15, 0.2) is 24.3 Å². The highest BCUT2D eigenvalue weighted by Gasteiger charge is 2.38. The summed E-state index contributed by atoms with van der Waals surface area (Å²) >= 11 is 0. The molecule has 1 aromatic rings. The topological polar surface area (TPSA) is 37.4 Å². The maximum Gasteiger partial charge on any atom is 0.216 e. The van der Waals surface area contributed by atoms with Gasteiger partial charge in [0.05, 0.1) is 5.25 Å². The summed E-state index contributed by atoms with van der Waals surface area (Å²) in [6.07, 6.45) is 2.00. The summed E-state index contributed by atoms with van der Waals surface area (Å²) in [5.41, 5.74) is 2.26. The highest BCUT2D eigenvalue weighted by atomic mass is 32.2. The molecule has 0 saturated heterocycles. The number of aryl methyl sites for hydroxylation is 1. The van der Waals surface area contributed by atoms with Crippen molar-refractivity contribution in [3.05, 3.63) is 35.4 Å². The van der Waals surface area contributed by atoms with Crippen LogP contribution in [0, 0.1) is 6.92 Å². The summed E-state index contributed by atoms with van der Waals surface area (Å²) in [6, 6.07) is 8.31. The third kappa shape index (κ3) is 2.93. The fourth-order valence-corrected chi connectivity index (χ4v) is 3.43. The first-order valence-corrected chi connectivity index (χ1v) is 7.98. The first-order valence-electron chi connectivity index (χ1n) is 6.47. The number of hydrogen-bond donors (Lipinski definition) is 0. The van der Waals surface area contributed by atoms with Crippen LogP contribution in [0.3, 0.4) is 0 Å². The van der Waals surface area contributed by atoms with E-state index in [4.69, 9.17) is 0 Å². The second-order valence-electron chi connectivity index (χ2n) is 5.36. The maximum absolute atomic E-state index is 12.3. The molecule has 0 aliphatic heterocycles. The molecule has 0 N–H and O–H groups in total. The second kappa shape index (κ2) is 5.02. The van der Waals surface area contributed by atoms with Gasteiger partial charge in [-0.2, -0.15) is 4.31 Å². The largest absolute Gasteiger partial charge is 0.216 e. The molecule has 0 amide bonds. The van der Waals surface area contributed by atoms with Crippen LogP contribution in [0.25, 0.3) is 0 Å². The van der Waals surface area contributed by atoms with Crippen molar-refractivity contribution in [2.24, 2.45) is 0 Å². The zero-order valence-electron chi connectivity index (χ0n) is 11.3. The van der Waals surface area contributed by atoms with E-state index in [0.29, 0.717) is 6.54 Å². The first kappa shape index (κ1) is 13.6. The molecule has 0 bridgehead atoms. The number of hydrogen-bond acceptors (Lipinski definition) is 2. The van der Waals surface area contributed by atoms with Gasteiger partial charge in [-0.05, 0) is 39.2 Å². The Morgan fingerprint density at radius 2 is 1.78 bits per heavy atom.